The van der Waals surface area contributed by atoms with E-state index in [2.05, 4.69) is 4.98 Å². The van der Waals surface area contributed by atoms with E-state index >= 15 is 0 Å². The van der Waals surface area contributed by atoms with Crippen LogP contribution in [0.15, 0.2) is 18.3 Å². The van der Waals surface area contributed by atoms with Crippen LogP contribution in [0.5, 0.6) is 0 Å². The third kappa shape index (κ3) is 3.30. The Bertz CT molecular complexity index is 637. The van der Waals surface area contributed by atoms with Crippen molar-refractivity contribution < 1.29 is 14.3 Å². The minimum atomic E-state index is -0.456. The van der Waals surface area contributed by atoms with Gasteiger partial charge in [0.1, 0.15) is 17.8 Å². The van der Waals surface area contributed by atoms with E-state index in [1.54, 1.807) is 27.6 Å². The molecule has 0 spiro atoms. The SMILES string of the molecule is N#Cc1ccc(C(=O)N2CSC[C@@H]2C(=O)N2CCOCC2)nc1. The number of thioether (sulfide) groups is 1. The molecule has 0 saturated carbocycles. The molecule has 0 bridgehead atoms. The molecule has 0 radical (unpaired) electrons. The van der Waals surface area contributed by atoms with Crippen molar-refractivity contribution in [3.05, 3.63) is 29.6 Å². The van der Waals surface area contributed by atoms with Crippen molar-refractivity contribution in [1.29, 1.82) is 5.26 Å². The van der Waals surface area contributed by atoms with E-state index in [0.29, 0.717) is 43.5 Å². The Balaban J connectivity index is 1.73. The lowest BCUT2D eigenvalue weighted by molar-refractivity contribution is -0.138. The molecule has 0 aliphatic carbocycles. The number of hydrogen-bond donors (Lipinski definition) is 0. The molecule has 2 aliphatic heterocycles. The standard InChI is InChI=1S/C15H16N4O3S/c16-7-11-1-2-12(17-8-11)14(20)19-10-23-9-13(19)15(21)18-3-5-22-6-4-18/h1-2,8,13H,3-6,9-10H2/t13-/m1/s1. The summed E-state index contributed by atoms with van der Waals surface area (Å²) in [5.74, 6) is 0.769. The number of ether oxygens (including phenoxy) is 1. The number of amides is 2. The average Bonchev–Trinajstić information content (AvgIpc) is 3.11. The van der Waals surface area contributed by atoms with E-state index in [4.69, 9.17) is 10.00 Å². The van der Waals surface area contributed by atoms with Gasteiger partial charge in [-0.3, -0.25) is 9.59 Å². The summed E-state index contributed by atoms with van der Waals surface area (Å²) in [6, 6.07) is 4.60. The van der Waals surface area contributed by atoms with Crippen LogP contribution >= 0.6 is 11.8 Å². The van der Waals surface area contributed by atoms with E-state index < -0.39 is 6.04 Å². The van der Waals surface area contributed by atoms with Crippen molar-refractivity contribution >= 4 is 23.6 Å². The number of carbonyl (C=O) groups excluding carboxylic acids is 2. The van der Waals surface area contributed by atoms with Gasteiger partial charge in [-0.1, -0.05) is 0 Å². The second kappa shape index (κ2) is 6.98. The van der Waals surface area contributed by atoms with Crippen LogP contribution in [0.2, 0.25) is 0 Å². The molecule has 2 saturated heterocycles. The van der Waals surface area contributed by atoms with Crippen molar-refractivity contribution in [2.24, 2.45) is 0 Å². The van der Waals surface area contributed by atoms with E-state index in [1.165, 1.54) is 12.3 Å². The van der Waals surface area contributed by atoms with E-state index in [0.717, 1.165) is 0 Å². The fourth-order valence-corrected chi connectivity index (χ4v) is 3.72. The lowest BCUT2D eigenvalue weighted by Gasteiger charge is -2.32. The summed E-state index contributed by atoms with van der Waals surface area (Å²) < 4.78 is 5.26. The summed E-state index contributed by atoms with van der Waals surface area (Å²) in [6.45, 7) is 2.21. The number of aromatic nitrogens is 1. The third-order valence-corrected chi connectivity index (χ3v) is 4.87. The summed E-state index contributed by atoms with van der Waals surface area (Å²) >= 11 is 1.56. The van der Waals surface area contributed by atoms with Gasteiger partial charge in [0.05, 0.1) is 24.7 Å². The van der Waals surface area contributed by atoms with Gasteiger partial charge in [0.15, 0.2) is 0 Å². The molecule has 0 N–H and O–H groups in total. The second-order valence-electron chi connectivity index (χ2n) is 5.27. The summed E-state index contributed by atoms with van der Waals surface area (Å²) in [6.07, 6.45) is 1.37. The first-order valence-corrected chi connectivity index (χ1v) is 8.47. The highest BCUT2D eigenvalue weighted by Gasteiger charge is 2.38. The molecule has 120 valence electrons. The monoisotopic (exact) mass is 332 g/mol. The molecule has 3 rings (SSSR count). The van der Waals surface area contributed by atoms with Crippen LogP contribution in [0.3, 0.4) is 0 Å². The zero-order valence-corrected chi connectivity index (χ0v) is 13.3. The van der Waals surface area contributed by atoms with Crippen molar-refractivity contribution in [2.75, 3.05) is 37.9 Å². The van der Waals surface area contributed by atoms with Crippen LogP contribution in [-0.4, -0.2) is 70.6 Å². The average molecular weight is 332 g/mol. The predicted octanol–water partition coefficient (Wildman–Crippen LogP) is 0.327. The molecule has 8 heteroatoms. The van der Waals surface area contributed by atoms with E-state index in [9.17, 15) is 9.59 Å². The number of carbonyl (C=O) groups is 2. The molecule has 1 atom stereocenters. The molecule has 23 heavy (non-hydrogen) atoms. The summed E-state index contributed by atoms with van der Waals surface area (Å²) in [4.78, 5) is 32.6. The Morgan fingerprint density at radius 2 is 2.13 bits per heavy atom. The Labute approximate surface area is 138 Å². The number of nitriles is 1. The first-order chi connectivity index (χ1) is 11.2. The quantitative estimate of drug-likeness (QED) is 0.775. The Hall–Kier alpha value is -2.11. The Morgan fingerprint density at radius 3 is 2.78 bits per heavy atom. The number of hydrogen-bond acceptors (Lipinski definition) is 6. The molecule has 0 aromatic carbocycles. The van der Waals surface area contributed by atoms with Crippen molar-refractivity contribution in [3.63, 3.8) is 0 Å². The molecule has 2 aliphatic rings. The van der Waals surface area contributed by atoms with Crippen LogP contribution in [-0.2, 0) is 9.53 Å². The van der Waals surface area contributed by atoms with Gasteiger partial charge in [0.2, 0.25) is 5.91 Å². The molecular formula is C15H16N4O3S. The number of morpholine rings is 1. The van der Waals surface area contributed by atoms with E-state index in [-0.39, 0.29) is 17.5 Å². The van der Waals surface area contributed by atoms with Crippen molar-refractivity contribution in [2.45, 2.75) is 6.04 Å². The first kappa shape index (κ1) is 15.8. The molecule has 0 unspecified atom stereocenters. The fourth-order valence-electron chi connectivity index (χ4n) is 2.58. The van der Waals surface area contributed by atoms with Gasteiger partial charge in [0.25, 0.3) is 5.91 Å². The number of rotatable bonds is 2. The van der Waals surface area contributed by atoms with Gasteiger partial charge < -0.3 is 14.5 Å². The maximum atomic E-state index is 12.6. The largest absolute Gasteiger partial charge is 0.378 e. The maximum absolute atomic E-state index is 12.6. The summed E-state index contributed by atoms with van der Waals surface area (Å²) in [5.41, 5.74) is 0.657. The lowest BCUT2D eigenvalue weighted by Crippen LogP contribution is -2.52. The molecule has 2 amide bonds. The molecule has 1 aromatic heterocycles. The van der Waals surface area contributed by atoms with Gasteiger partial charge in [-0.05, 0) is 12.1 Å². The van der Waals surface area contributed by atoms with Crippen LogP contribution < -0.4 is 0 Å². The molecule has 3 heterocycles. The second-order valence-corrected chi connectivity index (χ2v) is 6.27. The van der Waals surface area contributed by atoms with E-state index in [1.807, 2.05) is 6.07 Å². The highest BCUT2D eigenvalue weighted by molar-refractivity contribution is 7.99. The van der Waals surface area contributed by atoms with Gasteiger partial charge >= 0.3 is 0 Å². The summed E-state index contributed by atoms with van der Waals surface area (Å²) in [7, 11) is 0. The maximum Gasteiger partial charge on any atom is 0.273 e. The fraction of sp³-hybridized carbons (Fsp3) is 0.467. The zero-order chi connectivity index (χ0) is 16.2. The Kier molecular flexibility index (Phi) is 4.79. The highest BCUT2D eigenvalue weighted by Crippen LogP contribution is 2.24. The lowest BCUT2D eigenvalue weighted by atomic mass is 10.2. The molecule has 2 fully saturated rings. The molecule has 7 nitrogen and oxygen atoms in total. The van der Waals surface area contributed by atoms with Gasteiger partial charge in [-0.25, -0.2) is 4.98 Å². The van der Waals surface area contributed by atoms with Crippen LogP contribution in [0.4, 0.5) is 0 Å². The summed E-state index contributed by atoms with van der Waals surface area (Å²) in [5, 5.41) is 8.79. The van der Waals surface area contributed by atoms with Crippen LogP contribution in [0, 0.1) is 11.3 Å². The third-order valence-electron chi connectivity index (χ3n) is 3.86. The predicted molar refractivity (Wildman–Crippen MR) is 83.6 cm³/mol. The van der Waals surface area contributed by atoms with Crippen molar-refractivity contribution in [3.8, 4) is 6.07 Å². The van der Waals surface area contributed by atoms with Gasteiger partial charge in [0, 0.05) is 25.0 Å². The Morgan fingerprint density at radius 1 is 1.35 bits per heavy atom. The van der Waals surface area contributed by atoms with Gasteiger partial charge in [-0.2, -0.15) is 5.26 Å². The number of nitrogens with zero attached hydrogens (tertiary/aromatic N) is 4. The topological polar surface area (TPSA) is 86.5 Å². The van der Waals surface area contributed by atoms with Crippen LogP contribution in [0.25, 0.3) is 0 Å². The highest BCUT2D eigenvalue weighted by atomic mass is 32.2. The van der Waals surface area contributed by atoms with Crippen molar-refractivity contribution in [1.82, 2.24) is 14.8 Å². The minimum absolute atomic E-state index is 0.0275. The normalized spacial score (nSPS) is 21.1. The number of pyridine rings is 1. The molecular weight excluding hydrogens is 316 g/mol. The smallest absolute Gasteiger partial charge is 0.273 e. The minimum Gasteiger partial charge on any atom is -0.378 e. The zero-order valence-electron chi connectivity index (χ0n) is 12.5. The van der Waals surface area contributed by atoms with Gasteiger partial charge in [-0.15, -0.1) is 11.8 Å². The van der Waals surface area contributed by atoms with Crippen LogP contribution in [0.1, 0.15) is 16.1 Å². The molecule has 1 aromatic rings. The first-order valence-electron chi connectivity index (χ1n) is 7.32.